The van der Waals surface area contributed by atoms with Crippen LogP contribution in [0.5, 0.6) is 11.5 Å². The second-order valence-corrected chi connectivity index (χ2v) is 6.63. The number of rotatable bonds is 8. The van der Waals surface area contributed by atoms with E-state index >= 15 is 0 Å². The fourth-order valence-electron chi connectivity index (χ4n) is 3.52. The Balaban J connectivity index is 1.97. The summed E-state index contributed by atoms with van der Waals surface area (Å²) in [5, 5.41) is 0. The van der Waals surface area contributed by atoms with Gasteiger partial charge in [-0.2, -0.15) is 0 Å². The van der Waals surface area contributed by atoms with Crippen molar-refractivity contribution < 1.29 is 23.8 Å². The van der Waals surface area contributed by atoms with Crippen LogP contribution in [-0.4, -0.2) is 38.6 Å². The Morgan fingerprint density at radius 1 is 1.18 bits per heavy atom. The summed E-state index contributed by atoms with van der Waals surface area (Å²) in [6, 6.07) is 12.4. The normalized spacial score (nSPS) is 14.5. The van der Waals surface area contributed by atoms with Gasteiger partial charge in [0.15, 0.2) is 5.78 Å². The number of hydrogen-bond acceptors (Lipinski definition) is 6. The minimum atomic E-state index is -1.02. The van der Waals surface area contributed by atoms with Crippen LogP contribution >= 0.6 is 0 Å². The maximum absolute atomic E-state index is 13.2. The molecule has 3 rings (SSSR count). The van der Waals surface area contributed by atoms with Crippen LogP contribution in [0, 0.1) is 5.92 Å². The van der Waals surface area contributed by atoms with Gasteiger partial charge in [-0.3, -0.25) is 9.59 Å². The zero-order chi connectivity index (χ0) is 20.1. The number of ether oxygens (including phenoxy) is 3. The molecule has 0 saturated carbocycles. The van der Waals surface area contributed by atoms with Crippen molar-refractivity contribution in [3.8, 4) is 11.5 Å². The SMILES string of the molecule is CCOC(=O)C(C(=O)c1ccc(OC)cc1)C(CN)c1ccc2c(c1)CCO2. The van der Waals surface area contributed by atoms with Crippen LogP contribution in [0.15, 0.2) is 42.5 Å². The van der Waals surface area contributed by atoms with Crippen LogP contribution in [0.25, 0.3) is 0 Å². The van der Waals surface area contributed by atoms with Crippen LogP contribution in [0.4, 0.5) is 0 Å². The Bertz CT molecular complexity index is 847. The molecule has 2 aromatic rings. The van der Waals surface area contributed by atoms with Crippen molar-refractivity contribution in [1.29, 1.82) is 0 Å². The molecule has 0 fully saturated rings. The van der Waals surface area contributed by atoms with Crippen LogP contribution in [0.2, 0.25) is 0 Å². The number of fused-ring (bicyclic) bond motifs is 1. The first-order valence-electron chi connectivity index (χ1n) is 9.39. The van der Waals surface area contributed by atoms with Crippen molar-refractivity contribution in [1.82, 2.24) is 0 Å². The molecule has 2 aromatic carbocycles. The number of nitrogens with two attached hydrogens (primary N) is 1. The topological polar surface area (TPSA) is 87.9 Å². The molecule has 0 spiro atoms. The van der Waals surface area contributed by atoms with Crippen molar-refractivity contribution in [3.63, 3.8) is 0 Å². The second-order valence-electron chi connectivity index (χ2n) is 6.63. The van der Waals surface area contributed by atoms with Crippen molar-refractivity contribution in [2.75, 3.05) is 26.9 Å². The maximum atomic E-state index is 13.2. The molecule has 148 valence electrons. The first-order chi connectivity index (χ1) is 13.6. The van der Waals surface area contributed by atoms with E-state index in [9.17, 15) is 9.59 Å². The van der Waals surface area contributed by atoms with Gasteiger partial charge in [0.05, 0.1) is 20.3 Å². The molecule has 0 aromatic heterocycles. The number of hydrogen-bond donors (Lipinski definition) is 1. The number of Topliss-reactive ketones (excluding diaryl/α,β-unsaturated/α-hetero) is 1. The molecule has 0 saturated heterocycles. The molecule has 1 aliphatic rings. The van der Waals surface area contributed by atoms with Crippen LogP contribution in [0.3, 0.4) is 0 Å². The summed E-state index contributed by atoms with van der Waals surface area (Å²) in [4.78, 5) is 26.0. The molecule has 28 heavy (non-hydrogen) atoms. The lowest BCUT2D eigenvalue weighted by molar-refractivity contribution is -0.146. The van der Waals surface area contributed by atoms with Gasteiger partial charge >= 0.3 is 5.97 Å². The van der Waals surface area contributed by atoms with E-state index < -0.39 is 17.8 Å². The van der Waals surface area contributed by atoms with Gasteiger partial charge in [-0.05, 0) is 48.4 Å². The van der Waals surface area contributed by atoms with Crippen LogP contribution in [0.1, 0.15) is 34.3 Å². The molecule has 6 heteroatoms. The van der Waals surface area contributed by atoms with Gasteiger partial charge in [-0.15, -0.1) is 0 Å². The van der Waals surface area contributed by atoms with E-state index in [0.29, 0.717) is 17.9 Å². The maximum Gasteiger partial charge on any atom is 0.317 e. The van der Waals surface area contributed by atoms with Gasteiger partial charge in [0.1, 0.15) is 17.4 Å². The molecule has 6 nitrogen and oxygen atoms in total. The molecular formula is C22H25NO5. The number of ketones is 1. The summed E-state index contributed by atoms with van der Waals surface area (Å²) < 4.78 is 15.9. The summed E-state index contributed by atoms with van der Waals surface area (Å²) >= 11 is 0. The Labute approximate surface area is 164 Å². The number of carbonyl (C=O) groups excluding carboxylic acids is 2. The third kappa shape index (κ3) is 4.02. The fraction of sp³-hybridized carbons (Fsp3) is 0.364. The van der Waals surface area contributed by atoms with Crippen molar-refractivity contribution in [2.24, 2.45) is 11.7 Å². The third-order valence-corrected chi connectivity index (χ3v) is 5.00. The molecule has 2 atom stereocenters. The van der Waals surface area contributed by atoms with Gasteiger partial charge < -0.3 is 19.9 Å². The van der Waals surface area contributed by atoms with Crippen molar-refractivity contribution in [2.45, 2.75) is 19.3 Å². The van der Waals surface area contributed by atoms with Gasteiger partial charge in [-0.1, -0.05) is 12.1 Å². The van der Waals surface area contributed by atoms with E-state index in [-0.39, 0.29) is 18.9 Å². The Morgan fingerprint density at radius 2 is 1.93 bits per heavy atom. The molecular weight excluding hydrogens is 358 g/mol. The number of carbonyl (C=O) groups is 2. The zero-order valence-electron chi connectivity index (χ0n) is 16.1. The van der Waals surface area contributed by atoms with Gasteiger partial charge in [0.25, 0.3) is 0 Å². The second kappa shape index (κ2) is 8.89. The van der Waals surface area contributed by atoms with Gasteiger partial charge in [0, 0.05) is 24.4 Å². The average molecular weight is 383 g/mol. The number of benzene rings is 2. The minimum absolute atomic E-state index is 0.144. The lowest BCUT2D eigenvalue weighted by atomic mass is 9.80. The highest BCUT2D eigenvalue weighted by Gasteiger charge is 2.37. The third-order valence-electron chi connectivity index (χ3n) is 5.00. The first kappa shape index (κ1) is 19.9. The van der Waals surface area contributed by atoms with E-state index in [4.69, 9.17) is 19.9 Å². The fourth-order valence-corrected chi connectivity index (χ4v) is 3.52. The largest absolute Gasteiger partial charge is 0.497 e. The highest BCUT2D eigenvalue weighted by molar-refractivity contribution is 6.09. The van der Waals surface area contributed by atoms with E-state index in [1.165, 1.54) is 0 Å². The first-order valence-corrected chi connectivity index (χ1v) is 9.39. The number of methoxy groups -OCH3 is 1. The zero-order valence-corrected chi connectivity index (χ0v) is 16.1. The predicted molar refractivity (Wildman–Crippen MR) is 105 cm³/mol. The summed E-state index contributed by atoms with van der Waals surface area (Å²) in [6.45, 7) is 2.70. The predicted octanol–water partition coefficient (Wildman–Crippen LogP) is 2.73. The molecule has 2 unspecified atom stereocenters. The van der Waals surface area contributed by atoms with Gasteiger partial charge in [0.2, 0.25) is 0 Å². The summed E-state index contributed by atoms with van der Waals surface area (Å²) in [5.74, 6) is -0.894. The minimum Gasteiger partial charge on any atom is -0.497 e. The monoisotopic (exact) mass is 383 g/mol. The Morgan fingerprint density at radius 3 is 2.57 bits per heavy atom. The molecule has 2 N–H and O–H groups in total. The van der Waals surface area contributed by atoms with Crippen LogP contribution in [-0.2, 0) is 16.0 Å². The molecule has 1 aliphatic heterocycles. The van der Waals surface area contributed by atoms with E-state index in [0.717, 1.165) is 23.3 Å². The summed E-state index contributed by atoms with van der Waals surface area (Å²) in [6.07, 6.45) is 0.803. The molecule has 0 bridgehead atoms. The molecule has 0 amide bonds. The average Bonchev–Trinajstić information content (AvgIpc) is 3.19. The quantitative estimate of drug-likeness (QED) is 0.428. The van der Waals surface area contributed by atoms with E-state index in [1.54, 1.807) is 38.3 Å². The lowest BCUT2D eigenvalue weighted by Gasteiger charge is -2.24. The highest BCUT2D eigenvalue weighted by atomic mass is 16.5. The smallest absolute Gasteiger partial charge is 0.317 e. The van der Waals surface area contributed by atoms with E-state index in [2.05, 4.69) is 0 Å². The lowest BCUT2D eigenvalue weighted by Crippen LogP contribution is -2.35. The molecule has 0 aliphatic carbocycles. The standard InChI is InChI=1S/C22H25NO5/c1-3-27-22(25)20(21(24)14-4-7-17(26-2)8-5-14)18(13-23)15-6-9-19-16(12-15)10-11-28-19/h4-9,12,18,20H,3,10-11,13,23H2,1-2H3. The summed E-state index contributed by atoms with van der Waals surface area (Å²) in [5.41, 5.74) is 8.36. The number of esters is 1. The highest BCUT2D eigenvalue weighted by Crippen LogP contribution is 2.33. The van der Waals surface area contributed by atoms with E-state index in [1.807, 2.05) is 18.2 Å². The van der Waals surface area contributed by atoms with Gasteiger partial charge in [-0.25, -0.2) is 0 Å². The Hall–Kier alpha value is -2.86. The van der Waals surface area contributed by atoms with Crippen LogP contribution < -0.4 is 15.2 Å². The molecule has 1 heterocycles. The Kier molecular flexibility index (Phi) is 6.31. The van der Waals surface area contributed by atoms with Crippen molar-refractivity contribution >= 4 is 11.8 Å². The van der Waals surface area contributed by atoms with Crippen molar-refractivity contribution in [3.05, 3.63) is 59.2 Å². The summed E-state index contributed by atoms with van der Waals surface area (Å²) in [7, 11) is 1.56. The molecule has 0 radical (unpaired) electrons.